The van der Waals surface area contributed by atoms with Gasteiger partial charge in [0.2, 0.25) is 0 Å². The van der Waals surface area contributed by atoms with Gasteiger partial charge in [-0.25, -0.2) is 9.59 Å². The minimum Gasteiger partial charge on any atom is -0.512 e. The van der Waals surface area contributed by atoms with Gasteiger partial charge in [0.1, 0.15) is 16.9 Å². The second-order valence-corrected chi connectivity index (χ2v) is 4.56. The van der Waals surface area contributed by atoms with E-state index >= 15 is 0 Å². The first-order valence-electron chi connectivity index (χ1n) is 5.49. The summed E-state index contributed by atoms with van der Waals surface area (Å²) < 4.78 is 9.60. The molecule has 0 unspecified atom stereocenters. The van der Waals surface area contributed by atoms with Gasteiger partial charge in [0.25, 0.3) is 0 Å². The minimum absolute atomic E-state index is 0.0767. The molecule has 0 radical (unpaired) electrons. The van der Waals surface area contributed by atoms with Crippen molar-refractivity contribution in [3.8, 4) is 0 Å². The predicted octanol–water partition coefficient (Wildman–Crippen LogP) is 1.74. The fourth-order valence-corrected chi connectivity index (χ4v) is 1.07. The highest BCUT2D eigenvalue weighted by molar-refractivity contribution is 6.48. The van der Waals surface area contributed by atoms with Crippen LogP contribution in [0.3, 0.4) is 0 Å². The van der Waals surface area contributed by atoms with Gasteiger partial charge in [0, 0.05) is 0 Å². The molecule has 0 saturated heterocycles. The number of allylic oxidation sites excluding steroid dienone is 1. The lowest BCUT2D eigenvalue weighted by Crippen LogP contribution is -2.31. The van der Waals surface area contributed by atoms with Crippen LogP contribution in [0.2, 0.25) is 0 Å². The number of carbonyl (C=O) groups is 2. The van der Waals surface area contributed by atoms with Crippen molar-refractivity contribution in [3.05, 3.63) is 11.3 Å². The van der Waals surface area contributed by atoms with Crippen LogP contribution in [-0.4, -0.2) is 35.0 Å². The Morgan fingerprint density at radius 3 is 2.06 bits per heavy atom. The predicted molar refractivity (Wildman–Crippen MR) is 65.5 cm³/mol. The van der Waals surface area contributed by atoms with Crippen molar-refractivity contribution in [2.24, 2.45) is 0 Å². The number of carbonyl (C=O) groups excluding carboxylic acids is 2. The monoisotopic (exact) mass is 257 g/mol. The molecule has 0 spiro atoms. The third-order valence-corrected chi connectivity index (χ3v) is 1.69. The van der Waals surface area contributed by atoms with Gasteiger partial charge >= 0.3 is 11.9 Å². The van der Waals surface area contributed by atoms with E-state index in [-0.39, 0.29) is 6.61 Å². The van der Waals surface area contributed by atoms with Gasteiger partial charge in [0.15, 0.2) is 5.71 Å². The van der Waals surface area contributed by atoms with Crippen molar-refractivity contribution in [2.45, 2.75) is 40.2 Å². The van der Waals surface area contributed by atoms with E-state index < -0.39 is 34.6 Å². The molecule has 102 valence electrons. The molecule has 0 atom stereocenters. The van der Waals surface area contributed by atoms with E-state index in [2.05, 4.69) is 4.74 Å². The van der Waals surface area contributed by atoms with E-state index in [0.29, 0.717) is 0 Å². The Morgan fingerprint density at radius 1 is 1.22 bits per heavy atom. The summed E-state index contributed by atoms with van der Waals surface area (Å²) in [5.41, 5.74) is -1.98. The zero-order chi connectivity index (χ0) is 14.5. The molecule has 0 bridgehead atoms. The number of ether oxygens (including phenoxy) is 2. The van der Waals surface area contributed by atoms with E-state index in [1.165, 1.54) is 6.92 Å². The number of aliphatic hydroxyl groups is 1. The summed E-state index contributed by atoms with van der Waals surface area (Å²) in [6.45, 7) is 7.78. The number of aliphatic hydroxyl groups excluding tert-OH is 1. The summed E-state index contributed by atoms with van der Waals surface area (Å²) in [6, 6.07) is 0. The lowest BCUT2D eigenvalue weighted by Gasteiger charge is -2.20. The average Bonchev–Trinajstić information content (AvgIpc) is 2.14. The normalized spacial score (nSPS) is 12.5. The molecule has 0 aromatic carbocycles. The van der Waals surface area contributed by atoms with Crippen molar-refractivity contribution < 1.29 is 24.2 Å². The van der Waals surface area contributed by atoms with E-state index in [9.17, 15) is 14.7 Å². The Kier molecular flexibility index (Phi) is 5.55. The first-order valence-corrected chi connectivity index (χ1v) is 5.49. The van der Waals surface area contributed by atoms with Crippen molar-refractivity contribution in [2.75, 3.05) is 6.61 Å². The van der Waals surface area contributed by atoms with Gasteiger partial charge in [-0.15, -0.1) is 0 Å². The quantitative estimate of drug-likeness (QED) is 0.346. The maximum Gasteiger partial charge on any atom is 0.357 e. The van der Waals surface area contributed by atoms with E-state index in [1.807, 2.05) is 0 Å². The molecule has 6 heteroatoms. The molecule has 0 rings (SSSR count). The maximum absolute atomic E-state index is 11.8. The minimum atomic E-state index is -0.980. The van der Waals surface area contributed by atoms with Crippen LogP contribution in [0.5, 0.6) is 0 Å². The number of nitrogens with one attached hydrogen (secondary N) is 1. The molecule has 0 fully saturated rings. The zero-order valence-electron chi connectivity index (χ0n) is 11.3. The van der Waals surface area contributed by atoms with Crippen LogP contribution in [0.15, 0.2) is 11.3 Å². The van der Waals surface area contributed by atoms with Crippen molar-refractivity contribution in [1.29, 1.82) is 5.41 Å². The van der Waals surface area contributed by atoms with Crippen LogP contribution >= 0.6 is 0 Å². The van der Waals surface area contributed by atoms with Crippen molar-refractivity contribution in [1.82, 2.24) is 0 Å². The van der Waals surface area contributed by atoms with Crippen molar-refractivity contribution >= 4 is 17.7 Å². The van der Waals surface area contributed by atoms with Crippen LogP contribution in [0, 0.1) is 5.41 Å². The van der Waals surface area contributed by atoms with Gasteiger partial charge in [0.05, 0.1) is 6.61 Å². The molecule has 0 aliphatic rings. The lowest BCUT2D eigenvalue weighted by atomic mass is 10.1. The highest BCUT2D eigenvalue weighted by Gasteiger charge is 2.29. The Bertz CT molecular complexity index is 386. The van der Waals surface area contributed by atoms with E-state index in [4.69, 9.17) is 10.1 Å². The Morgan fingerprint density at radius 2 is 1.72 bits per heavy atom. The summed E-state index contributed by atoms with van der Waals surface area (Å²) in [5, 5.41) is 16.9. The molecule has 0 heterocycles. The summed E-state index contributed by atoms with van der Waals surface area (Å²) in [7, 11) is 0. The van der Waals surface area contributed by atoms with Crippen LogP contribution in [0.1, 0.15) is 34.6 Å². The number of esters is 2. The third kappa shape index (κ3) is 4.99. The summed E-state index contributed by atoms with van der Waals surface area (Å²) in [5.74, 6) is -2.37. The number of hydrogen-bond acceptors (Lipinski definition) is 6. The van der Waals surface area contributed by atoms with Crippen LogP contribution in [0.4, 0.5) is 0 Å². The smallest absolute Gasteiger partial charge is 0.357 e. The fraction of sp³-hybridized carbons (Fsp3) is 0.583. The molecule has 0 aromatic rings. The van der Waals surface area contributed by atoms with E-state index in [1.54, 1.807) is 27.7 Å². The molecule has 18 heavy (non-hydrogen) atoms. The first kappa shape index (κ1) is 16.1. The highest BCUT2D eigenvalue weighted by atomic mass is 16.6. The molecular formula is C12H19NO5. The topological polar surface area (TPSA) is 96.7 Å². The van der Waals surface area contributed by atoms with Gasteiger partial charge in [-0.05, 0) is 34.6 Å². The summed E-state index contributed by atoms with van der Waals surface area (Å²) in [6.07, 6.45) is 0. The van der Waals surface area contributed by atoms with Crippen LogP contribution < -0.4 is 0 Å². The maximum atomic E-state index is 11.8. The molecule has 0 aliphatic carbocycles. The Labute approximate surface area is 106 Å². The molecule has 0 aromatic heterocycles. The number of rotatable bonds is 4. The van der Waals surface area contributed by atoms with Crippen LogP contribution in [-0.2, 0) is 19.1 Å². The SMILES string of the molecule is CCOC(=O)C(=N)C(C(=O)OC(C)(C)C)=C(C)O. The fourth-order valence-electron chi connectivity index (χ4n) is 1.07. The Balaban J connectivity index is 5.14. The van der Waals surface area contributed by atoms with Gasteiger partial charge in [-0.3, -0.25) is 5.41 Å². The summed E-state index contributed by atoms with van der Waals surface area (Å²) in [4.78, 5) is 23.1. The van der Waals surface area contributed by atoms with Crippen molar-refractivity contribution in [3.63, 3.8) is 0 Å². The third-order valence-electron chi connectivity index (χ3n) is 1.69. The first-order chi connectivity index (χ1) is 8.10. The largest absolute Gasteiger partial charge is 0.512 e. The van der Waals surface area contributed by atoms with E-state index in [0.717, 1.165) is 0 Å². The molecule has 0 aliphatic heterocycles. The molecule has 0 amide bonds. The van der Waals surface area contributed by atoms with Crippen LogP contribution in [0.25, 0.3) is 0 Å². The standard InChI is InChI=1S/C12H19NO5/c1-6-17-11(16)9(13)8(7(2)14)10(15)18-12(3,4)5/h13-14H,6H2,1-5H3. The average molecular weight is 257 g/mol. The Hall–Kier alpha value is -1.85. The molecule has 6 nitrogen and oxygen atoms in total. The second-order valence-electron chi connectivity index (χ2n) is 4.56. The highest BCUT2D eigenvalue weighted by Crippen LogP contribution is 2.14. The molecule has 2 N–H and O–H groups in total. The summed E-state index contributed by atoms with van der Waals surface area (Å²) >= 11 is 0. The molecule has 0 saturated carbocycles. The van der Waals surface area contributed by atoms with Gasteiger partial charge < -0.3 is 14.6 Å². The zero-order valence-corrected chi connectivity index (χ0v) is 11.3. The number of hydrogen-bond donors (Lipinski definition) is 2. The van der Waals surface area contributed by atoms with Gasteiger partial charge in [-0.1, -0.05) is 0 Å². The van der Waals surface area contributed by atoms with Gasteiger partial charge in [-0.2, -0.15) is 0 Å². The second kappa shape index (κ2) is 6.18. The lowest BCUT2D eigenvalue weighted by molar-refractivity contribution is -0.150. The molecular weight excluding hydrogens is 238 g/mol.